The van der Waals surface area contributed by atoms with Gasteiger partial charge in [-0.2, -0.15) is 0 Å². The lowest BCUT2D eigenvalue weighted by atomic mass is 10.2. The number of aliphatic hydroxyl groups excluding tert-OH is 1. The molecule has 1 rings (SSSR count). The van der Waals surface area contributed by atoms with Crippen molar-refractivity contribution in [1.29, 1.82) is 0 Å². The largest absolute Gasteiger partial charge is 0.391 e. The first kappa shape index (κ1) is 8.96. The van der Waals surface area contributed by atoms with E-state index in [9.17, 15) is 8.42 Å². The number of sulfone groups is 1. The average molecular weight is 179 g/mol. The van der Waals surface area contributed by atoms with E-state index in [0.717, 1.165) is 0 Å². The molecule has 66 valence electrons. The van der Waals surface area contributed by atoms with Crippen molar-refractivity contribution in [3.63, 3.8) is 0 Å². The maximum atomic E-state index is 11.0. The lowest BCUT2D eigenvalue weighted by Gasteiger charge is -2.04. The normalized spacial score (nSPS) is 39.4. The first-order valence-electron chi connectivity index (χ1n) is 3.54. The standard InChI is InChI=1S/C6H13NO3S/c1-11(9,10)4-2-5(7)6(8)3-4/h4-6,8H,2-3,7H2,1H3/t4-,5?,6-/m1/s1. The fourth-order valence-electron chi connectivity index (χ4n) is 1.35. The maximum Gasteiger partial charge on any atom is 0.150 e. The zero-order valence-corrected chi connectivity index (χ0v) is 7.21. The zero-order valence-electron chi connectivity index (χ0n) is 6.40. The van der Waals surface area contributed by atoms with Gasteiger partial charge in [-0.05, 0) is 12.8 Å². The van der Waals surface area contributed by atoms with Crippen LogP contribution in [0.5, 0.6) is 0 Å². The van der Waals surface area contributed by atoms with Gasteiger partial charge in [-0.3, -0.25) is 0 Å². The minimum absolute atomic E-state index is 0.292. The number of rotatable bonds is 1. The Labute approximate surface area is 66.3 Å². The topological polar surface area (TPSA) is 80.4 Å². The highest BCUT2D eigenvalue weighted by Crippen LogP contribution is 2.23. The SMILES string of the molecule is CS(=O)(=O)[C@@H]1CC(N)[C@H](O)C1. The van der Waals surface area contributed by atoms with Gasteiger partial charge in [-0.1, -0.05) is 0 Å². The summed E-state index contributed by atoms with van der Waals surface area (Å²) in [6, 6.07) is -0.366. The molecule has 0 aromatic heterocycles. The molecule has 1 aliphatic rings. The predicted molar refractivity (Wildman–Crippen MR) is 41.8 cm³/mol. The van der Waals surface area contributed by atoms with Crippen molar-refractivity contribution < 1.29 is 13.5 Å². The number of nitrogens with two attached hydrogens (primary N) is 1. The minimum Gasteiger partial charge on any atom is -0.391 e. The van der Waals surface area contributed by atoms with Crippen molar-refractivity contribution in [1.82, 2.24) is 0 Å². The van der Waals surface area contributed by atoms with E-state index in [1.54, 1.807) is 0 Å². The molecular weight excluding hydrogens is 166 g/mol. The van der Waals surface area contributed by atoms with Gasteiger partial charge in [0.1, 0.15) is 9.84 Å². The Bertz CT molecular complexity index is 226. The van der Waals surface area contributed by atoms with Crippen molar-refractivity contribution in [2.75, 3.05) is 6.26 Å². The molecule has 0 heterocycles. The van der Waals surface area contributed by atoms with Crippen LogP contribution in [0.4, 0.5) is 0 Å². The smallest absolute Gasteiger partial charge is 0.150 e. The first-order valence-corrected chi connectivity index (χ1v) is 5.49. The molecule has 4 nitrogen and oxygen atoms in total. The quantitative estimate of drug-likeness (QED) is 0.534. The van der Waals surface area contributed by atoms with Crippen LogP contribution in [-0.2, 0) is 9.84 Å². The highest BCUT2D eigenvalue weighted by molar-refractivity contribution is 7.91. The van der Waals surface area contributed by atoms with Gasteiger partial charge < -0.3 is 10.8 Å². The van der Waals surface area contributed by atoms with E-state index in [1.165, 1.54) is 6.26 Å². The molecule has 1 saturated carbocycles. The molecule has 0 bridgehead atoms. The Morgan fingerprint density at radius 1 is 1.45 bits per heavy atom. The molecule has 0 radical (unpaired) electrons. The van der Waals surface area contributed by atoms with Crippen LogP contribution in [0.25, 0.3) is 0 Å². The molecular formula is C6H13NO3S. The van der Waals surface area contributed by atoms with Crippen molar-refractivity contribution in [2.24, 2.45) is 5.73 Å². The molecule has 1 unspecified atom stereocenters. The van der Waals surface area contributed by atoms with Crippen LogP contribution in [-0.4, -0.2) is 37.2 Å². The molecule has 1 fully saturated rings. The lowest BCUT2D eigenvalue weighted by molar-refractivity contribution is 0.165. The van der Waals surface area contributed by atoms with Gasteiger partial charge in [-0.15, -0.1) is 0 Å². The van der Waals surface area contributed by atoms with E-state index >= 15 is 0 Å². The summed E-state index contributed by atoms with van der Waals surface area (Å²) >= 11 is 0. The van der Waals surface area contributed by atoms with Gasteiger partial charge in [0, 0.05) is 12.3 Å². The third-order valence-corrected chi connectivity index (χ3v) is 3.74. The van der Waals surface area contributed by atoms with Gasteiger partial charge in [0.25, 0.3) is 0 Å². The maximum absolute atomic E-state index is 11.0. The fourth-order valence-corrected chi connectivity index (χ4v) is 2.47. The van der Waals surface area contributed by atoms with Crippen LogP contribution in [0.3, 0.4) is 0 Å². The lowest BCUT2D eigenvalue weighted by Crippen LogP contribution is -2.28. The summed E-state index contributed by atoms with van der Waals surface area (Å²) in [5, 5.41) is 8.70. The van der Waals surface area contributed by atoms with Gasteiger partial charge in [-0.25, -0.2) is 8.42 Å². The molecule has 11 heavy (non-hydrogen) atoms. The minimum atomic E-state index is -3.01. The highest BCUT2D eigenvalue weighted by Gasteiger charge is 2.35. The molecule has 1 aliphatic carbocycles. The molecule has 0 saturated heterocycles. The van der Waals surface area contributed by atoms with Crippen molar-refractivity contribution in [3.8, 4) is 0 Å². The molecule has 0 aromatic carbocycles. The van der Waals surface area contributed by atoms with Crippen molar-refractivity contribution in [2.45, 2.75) is 30.2 Å². The van der Waals surface area contributed by atoms with Crippen LogP contribution in [0.1, 0.15) is 12.8 Å². The highest BCUT2D eigenvalue weighted by atomic mass is 32.2. The van der Waals surface area contributed by atoms with Crippen molar-refractivity contribution >= 4 is 9.84 Å². The Morgan fingerprint density at radius 2 is 2.00 bits per heavy atom. The fraction of sp³-hybridized carbons (Fsp3) is 1.00. The van der Waals surface area contributed by atoms with Crippen LogP contribution in [0.15, 0.2) is 0 Å². The van der Waals surface area contributed by atoms with Crippen LogP contribution >= 0.6 is 0 Å². The van der Waals surface area contributed by atoms with E-state index in [-0.39, 0.29) is 6.04 Å². The number of hydrogen-bond acceptors (Lipinski definition) is 4. The Balaban J connectivity index is 2.69. The second kappa shape index (κ2) is 2.73. The molecule has 0 aromatic rings. The Morgan fingerprint density at radius 3 is 2.18 bits per heavy atom. The Hall–Kier alpha value is -0.130. The van der Waals surface area contributed by atoms with Gasteiger partial charge >= 0.3 is 0 Å². The van der Waals surface area contributed by atoms with Crippen molar-refractivity contribution in [3.05, 3.63) is 0 Å². The molecule has 0 amide bonds. The Kier molecular flexibility index (Phi) is 2.22. The summed E-state index contributed by atoms with van der Waals surface area (Å²) in [7, 11) is -3.01. The summed E-state index contributed by atoms with van der Waals surface area (Å²) in [4.78, 5) is 0. The number of aliphatic hydroxyl groups is 1. The number of hydrogen-bond donors (Lipinski definition) is 2. The first-order chi connectivity index (χ1) is 4.91. The summed E-state index contributed by atoms with van der Waals surface area (Å²) in [6.07, 6.45) is 1.22. The summed E-state index contributed by atoms with van der Waals surface area (Å²) in [5.41, 5.74) is 5.45. The predicted octanol–water partition coefficient (Wildman–Crippen LogP) is -1.12. The third-order valence-electron chi connectivity index (χ3n) is 2.14. The van der Waals surface area contributed by atoms with Crippen LogP contribution < -0.4 is 5.73 Å². The summed E-state index contributed by atoms with van der Waals surface area (Å²) < 4.78 is 21.9. The van der Waals surface area contributed by atoms with Gasteiger partial charge in [0.05, 0.1) is 11.4 Å². The molecule has 3 N–H and O–H groups in total. The van der Waals surface area contributed by atoms with E-state index in [4.69, 9.17) is 10.8 Å². The summed E-state index contributed by atoms with van der Waals surface area (Å²) in [6.45, 7) is 0. The van der Waals surface area contributed by atoms with Gasteiger partial charge in [0.2, 0.25) is 0 Å². The van der Waals surface area contributed by atoms with E-state index in [2.05, 4.69) is 0 Å². The second-order valence-electron chi connectivity index (χ2n) is 3.15. The van der Waals surface area contributed by atoms with E-state index < -0.39 is 21.2 Å². The summed E-state index contributed by atoms with van der Waals surface area (Å²) in [5.74, 6) is 0. The average Bonchev–Trinajstić information content (AvgIpc) is 2.11. The second-order valence-corrected chi connectivity index (χ2v) is 5.48. The van der Waals surface area contributed by atoms with Crippen LogP contribution in [0.2, 0.25) is 0 Å². The third kappa shape index (κ3) is 1.91. The molecule has 0 aliphatic heterocycles. The molecule has 5 heteroatoms. The van der Waals surface area contributed by atoms with E-state index in [1.807, 2.05) is 0 Å². The monoisotopic (exact) mass is 179 g/mol. The van der Waals surface area contributed by atoms with Gasteiger partial charge in [0.15, 0.2) is 0 Å². The zero-order chi connectivity index (χ0) is 8.65. The molecule has 0 spiro atoms. The van der Waals surface area contributed by atoms with E-state index in [0.29, 0.717) is 12.8 Å². The van der Waals surface area contributed by atoms with Crippen LogP contribution in [0, 0.1) is 0 Å². The molecule has 3 atom stereocenters.